The topological polar surface area (TPSA) is 360 Å². The summed E-state index contributed by atoms with van der Waals surface area (Å²) in [6.07, 6.45) is 21.5. The van der Waals surface area contributed by atoms with E-state index >= 15 is 0 Å². The van der Waals surface area contributed by atoms with Crippen molar-refractivity contribution in [2.24, 2.45) is 0 Å². The second-order valence-corrected chi connectivity index (χ2v) is 48.0. The van der Waals surface area contributed by atoms with Gasteiger partial charge in [0.25, 0.3) is 0 Å². The molecule has 746 valence electrons. The number of anilines is 7. The first kappa shape index (κ1) is 100. The smallest absolute Gasteiger partial charge is 0.228 e. The SMILES string of the molecule is COc1cc2c(NC3CCS(=O)(=O)CC3)nc(C3CCCC3)nc2cc1C#CCN1CCCC1.COc1cc2c(NC3CCS(=O)(=O)CC3)nc(N3CCC3)nc2cc1C#CCN1CCCC1.COc1cc2c(NC3CCS(=O)(=O)CC3)nc(N3CCCN(C)CC3)nc2cc1C#CCN1CCCC1.COc1cc2c(NC3CCS(=O)(=O)CC3)nc(N3CCOCC3)nc2cc1C#CCN1CCCC1. The van der Waals surface area contributed by atoms with E-state index in [-0.39, 0.29) is 70.2 Å². The normalized spacial score (nSPS) is 21.2. The number of hydrogen-bond acceptors (Lipinski definition) is 33. The number of ether oxygens (including phenoxy) is 5. The molecule has 4 aromatic carbocycles. The number of likely N-dealkylation sites (tertiary alicyclic amines) is 4. The van der Waals surface area contributed by atoms with Crippen molar-refractivity contribution in [1.82, 2.24) is 64.4 Å². The standard InChI is InChI=1S/C27H38N6O3S.C26H34N4O3S.C25H33N5O4S.C24H31N5O3S/c1-31-10-6-14-33(16-15-31)27-29-24-19-21(7-5-13-32-11-3-4-12-32)25(36-2)20-23(24)26(30-27)28-22-8-17-37(34,35)18-9-22;1-33-24-18-22-23(17-20(24)9-6-14-30-12-4-5-13-30)28-25(19-7-2-3-8-19)29-26(22)27-21-10-15-34(31,32)16-11-21;1-33-23-18-21-22(17-19(23)5-4-10-29-8-2-3-9-29)27-25(30-11-13-34-14-12-30)28-24(21)26-20-6-15-35(31,32)16-7-20;1-32-22-17-20-21(16-18(22)6-4-11-28-9-2-3-10-28)26-24(29-12-5-13-29)27-23(20)25-19-7-14-33(30,31)15-8-19/h19-20,22H,3-4,6,8-18H2,1-2H3,(H,28,29,30);17-19,21H,2-5,7-8,10-16H2,1H3,(H,27,28,29);17-18,20H,2-3,6-16H2,1H3,(H,26,27,28);16-17,19H,2-3,5,7-15H2,1H3,(H,25,26,27). The van der Waals surface area contributed by atoms with Crippen LogP contribution in [0.15, 0.2) is 48.5 Å². The van der Waals surface area contributed by atoms with E-state index in [0.29, 0.717) is 117 Å². The number of benzene rings is 4. The van der Waals surface area contributed by atoms with Gasteiger partial charge < -0.3 is 64.6 Å². The Kier molecular flexibility index (Phi) is 33.7. The van der Waals surface area contributed by atoms with Crippen LogP contribution in [-0.4, -0.2) is 348 Å². The highest BCUT2D eigenvalue weighted by Crippen LogP contribution is 2.40. The van der Waals surface area contributed by atoms with Crippen LogP contribution in [0, 0.1) is 47.4 Å². The molecule has 1 saturated carbocycles. The molecular weight excluding hydrogens is 1840 g/mol. The maximum atomic E-state index is 12.0. The summed E-state index contributed by atoms with van der Waals surface area (Å²) in [5.41, 5.74) is 6.61. The molecule has 12 aliphatic rings. The Morgan fingerprint density at radius 2 is 0.583 bits per heavy atom. The van der Waals surface area contributed by atoms with Gasteiger partial charge in [0.1, 0.15) is 91.4 Å². The average molecular weight is 1980 g/mol. The fraction of sp³-hybridized carbons (Fsp3) is 0.608. The van der Waals surface area contributed by atoms with Gasteiger partial charge in [-0.05, 0) is 243 Å². The molecule has 0 unspecified atom stereocenters. The van der Waals surface area contributed by atoms with Gasteiger partial charge in [-0.25, -0.2) is 58.6 Å². The number of hydrogen-bond donors (Lipinski definition) is 4. The molecule has 1 aliphatic carbocycles. The van der Waals surface area contributed by atoms with Crippen molar-refractivity contribution < 1.29 is 57.4 Å². The van der Waals surface area contributed by atoms with Gasteiger partial charge in [-0.1, -0.05) is 60.2 Å². The van der Waals surface area contributed by atoms with Crippen molar-refractivity contribution in [3.05, 3.63) is 76.6 Å². The molecule has 8 aromatic rings. The number of sulfone groups is 4. The van der Waals surface area contributed by atoms with E-state index in [9.17, 15) is 33.7 Å². The Balaban J connectivity index is 0.000000128. The molecule has 4 N–H and O–H groups in total. The monoisotopic (exact) mass is 1980 g/mol. The molecule has 139 heavy (non-hydrogen) atoms. The van der Waals surface area contributed by atoms with Crippen molar-refractivity contribution >= 4 is 124 Å². The quantitative estimate of drug-likeness (QED) is 0.0515. The minimum atomic E-state index is -2.94. The Labute approximate surface area is 820 Å². The fourth-order valence-corrected chi connectivity index (χ4v) is 26.1. The van der Waals surface area contributed by atoms with Crippen LogP contribution in [0.3, 0.4) is 0 Å². The second-order valence-electron chi connectivity index (χ2n) is 38.8. The van der Waals surface area contributed by atoms with Crippen LogP contribution in [0.4, 0.5) is 41.1 Å². The first-order valence-corrected chi connectivity index (χ1v) is 57.5. The van der Waals surface area contributed by atoms with Crippen LogP contribution >= 0.6 is 0 Å². The molecule has 0 atom stereocenters. The van der Waals surface area contributed by atoms with Gasteiger partial charge in [-0.3, -0.25) is 19.6 Å². The third kappa shape index (κ3) is 27.0. The number of fused-ring (bicyclic) bond motifs is 4. The Morgan fingerprint density at radius 1 is 0.309 bits per heavy atom. The maximum Gasteiger partial charge on any atom is 0.228 e. The molecule has 15 heterocycles. The van der Waals surface area contributed by atoms with Gasteiger partial charge in [0.05, 0.1) is 158 Å². The lowest BCUT2D eigenvalue weighted by Crippen LogP contribution is -2.38. The van der Waals surface area contributed by atoms with Crippen molar-refractivity contribution in [3.63, 3.8) is 0 Å². The van der Waals surface area contributed by atoms with E-state index < -0.39 is 39.3 Å². The van der Waals surface area contributed by atoms with E-state index in [4.69, 9.17) is 63.6 Å². The van der Waals surface area contributed by atoms with Crippen molar-refractivity contribution in [3.8, 4) is 70.4 Å². The Hall–Kier alpha value is -10.2. The molecule has 20 rings (SSSR count). The van der Waals surface area contributed by atoms with E-state index in [1.807, 2.05) is 48.5 Å². The number of aromatic nitrogens is 8. The molecule has 0 spiro atoms. The van der Waals surface area contributed by atoms with Crippen LogP contribution in [0.5, 0.6) is 23.0 Å². The highest BCUT2D eigenvalue weighted by molar-refractivity contribution is 7.92. The molecule has 4 aromatic heterocycles. The van der Waals surface area contributed by atoms with Crippen LogP contribution in [-0.2, 0) is 44.1 Å². The minimum Gasteiger partial charge on any atom is -0.495 e. The van der Waals surface area contributed by atoms with E-state index in [2.05, 4.69) is 115 Å². The van der Waals surface area contributed by atoms with Gasteiger partial charge >= 0.3 is 0 Å². The van der Waals surface area contributed by atoms with Crippen LogP contribution < -0.4 is 54.9 Å². The zero-order chi connectivity index (χ0) is 96.5. The first-order chi connectivity index (χ1) is 67.4. The molecule has 37 heteroatoms. The summed E-state index contributed by atoms with van der Waals surface area (Å²) in [6, 6.07) is 16.1. The number of morpholine rings is 1. The van der Waals surface area contributed by atoms with Crippen LogP contribution in [0.25, 0.3) is 43.6 Å². The summed E-state index contributed by atoms with van der Waals surface area (Å²) in [7, 11) is -2.94. The summed E-state index contributed by atoms with van der Waals surface area (Å²) >= 11 is 0. The summed E-state index contributed by atoms with van der Waals surface area (Å²) in [5, 5.41) is 17.6. The molecule has 33 nitrogen and oxygen atoms in total. The Morgan fingerprint density at radius 3 is 0.878 bits per heavy atom. The van der Waals surface area contributed by atoms with Crippen LogP contribution in [0.1, 0.15) is 175 Å². The number of nitrogens with one attached hydrogen (secondary N) is 4. The van der Waals surface area contributed by atoms with E-state index in [1.54, 1.807) is 28.4 Å². The zero-order valence-electron chi connectivity index (χ0n) is 81.4. The van der Waals surface area contributed by atoms with Crippen molar-refractivity contribution in [1.29, 1.82) is 0 Å². The van der Waals surface area contributed by atoms with Crippen LogP contribution in [0.2, 0.25) is 0 Å². The molecule has 0 bridgehead atoms. The van der Waals surface area contributed by atoms with Crippen molar-refractivity contribution in [2.45, 2.75) is 171 Å². The fourth-order valence-electron chi connectivity index (χ4n) is 20.1. The summed E-state index contributed by atoms with van der Waals surface area (Å²) in [4.78, 5) is 57.7. The third-order valence-corrected chi connectivity index (χ3v) is 35.5. The number of rotatable bonds is 20. The predicted octanol–water partition coefficient (Wildman–Crippen LogP) is 10.1. The first-order valence-electron chi connectivity index (χ1n) is 50.2. The lowest BCUT2D eigenvalue weighted by atomic mass is 10.1. The third-order valence-electron chi connectivity index (χ3n) is 28.7. The van der Waals surface area contributed by atoms with Gasteiger partial charge in [-0.2, -0.15) is 15.0 Å². The molecule has 12 fully saturated rings. The lowest BCUT2D eigenvalue weighted by Gasteiger charge is -2.32. The maximum absolute atomic E-state index is 12.0. The number of likely N-dealkylation sites (N-methyl/N-ethyl adjacent to an activating group) is 1. The summed E-state index contributed by atoms with van der Waals surface area (Å²) in [6.45, 7) is 20.4. The largest absolute Gasteiger partial charge is 0.495 e. The second kappa shape index (κ2) is 46.7. The van der Waals surface area contributed by atoms with E-state index in [1.165, 1.54) is 64.2 Å². The number of nitrogens with zero attached hydrogens (tertiary/aromatic N) is 16. The van der Waals surface area contributed by atoms with Gasteiger partial charge in [0.15, 0.2) is 0 Å². The molecule has 0 amide bonds. The molecule has 0 radical (unpaired) electrons. The minimum absolute atomic E-state index is 0.0417. The summed E-state index contributed by atoms with van der Waals surface area (Å²) in [5.74, 6) is 37.2. The van der Waals surface area contributed by atoms with Crippen molar-refractivity contribution in [2.75, 3.05) is 262 Å². The highest BCUT2D eigenvalue weighted by atomic mass is 32.2. The van der Waals surface area contributed by atoms with Gasteiger partial charge in [0, 0.05) is 97.4 Å². The van der Waals surface area contributed by atoms with Gasteiger partial charge in [-0.15, -0.1) is 0 Å². The molecular formula is C102H136N20O13S4. The lowest BCUT2D eigenvalue weighted by molar-refractivity contribution is 0.122. The average Bonchev–Trinajstić information content (AvgIpc) is 1.45. The van der Waals surface area contributed by atoms with E-state index in [0.717, 1.165) is 246 Å². The predicted molar refractivity (Wildman–Crippen MR) is 551 cm³/mol. The van der Waals surface area contributed by atoms with Gasteiger partial charge in [0.2, 0.25) is 17.8 Å². The molecule has 11 saturated heterocycles. The molecule has 11 aliphatic heterocycles. The number of methoxy groups -OCH3 is 4. The summed E-state index contributed by atoms with van der Waals surface area (Å²) < 4.78 is 124. The highest BCUT2D eigenvalue weighted by Gasteiger charge is 2.34. The Bertz CT molecular complexity index is 6400. The zero-order valence-corrected chi connectivity index (χ0v) is 84.6.